The van der Waals surface area contributed by atoms with Crippen LogP contribution in [0.2, 0.25) is 0 Å². The minimum Gasteiger partial charge on any atom is -0.472 e. The van der Waals surface area contributed by atoms with E-state index in [0.29, 0.717) is 36.0 Å². The molecule has 2 aliphatic rings. The average Bonchev–Trinajstić information content (AvgIpc) is 3.36. The maximum absolute atomic E-state index is 12.8. The fraction of sp³-hybridized carbons (Fsp3) is 0.238. The molecule has 3 aromatic rings. The van der Waals surface area contributed by atoms with Crippen LogP contribution in [0.3, 0.4) is 0 Å². The number of hydrogen-bond acceptors (Lipinski definition) is 5. The van der Waals surface area contributed by atoms with Gasteiger partial charge in [0.25, 0.3) is 5.91 Å². The number of carbonyl (C=O) groups excluding carboxylic acids is 1. The van der Waals surface area contributed by atoms with Gasteiger partial charge in [-0.15, -0.1) is 0 Å². The van der Waals surface area contributed by atoms with Crippen LogP contribution in [0.25, 0.3) is 10.9 Å². The predicted octanol–water partition coefficient (Wildman–Crippen LogP) is 3.26. The summed E-state index contributed by atoms with van der Waals surface area (Å²) in [5.74, 6) is 1.87. The van der Waals surface area contributed by atoms with Gasteiger partial charge in [0.15, 0.2) is 11.5 Å². The largest absolute Gasteiger partial charge is 0.472 e. The second kappa shape index (κ2) is 6.46. The number of rotatable bonds is 3. The highest BCUT2D eigenvalue weighted by Gasteiger charge is 2.29. The maximum atomic E-state index is 12.8. The summed E-state index contributed by atoms with van der Waals surface area (Å²) >= 11 is 0. The normalized spacial score (nSPS) is 18.1. The van der Waals surface area contributed by atoms with Crippen molar-refractivity contribution in [3.8, 4) is 17.4 Å². The van der Waals surface area contributed by atoms with E-state index in [1.807, 2.05) is 41.3 Å². The van der Waals surface area contributed by atoms with Crippen molar-refractivity contribution >= 4 is 16.8 Å². The molecule has 1 atom stereocenters. The first kappa shape index (κ1) is 15.9. The zero-order chi connectivity index (χ0) is 18.2. The highest BCUT2D eigenvalue weighted by Crippen LogP contribution is 2.33. The number of para-hydroxylation sites is 1. The highest BCUT2D eigenvalue weighted by molar-refractivity contribution is 5.95. The number of nitrogens with zero attached hydrogens (tertiary/aromatic N) is 2. The summed E-state index contributed by atoms with van der Waals surface area (Å²) in [6.45, 7) is 1.40. The molecular formula is C21H18N2O4. The Morgan fingerprint density at radius 2 is 1.96 bits per heavy atom. The van der Waals surface area contributed by atoms with Crippen molar-refractivity contribution in [2.45, 2.75) is 12.5 Å². The molecule has 1 saturated heterocycles. The summed E-state index contributed by atoms with van der Waals surface area (Å²) in [5.41, 5.74) is 1.50. The zero-order valence-electron chi connectivity index (χ0n) is 14.6. The molecule has 0 saturated carbocycles. The first-order valence-electron chi connectivity index (χ1n) is 8.98. The van der Waals surface area contributed by atoms with Crippen LogP contribution >= 0.6 is 0 Å². The number of pyridine rings is 1. The fourth-order valence-electron chi connectivity index (χ4n) is 3.50. The lowest BCUT2D eigenvalue weighted by atomic mass is 10.2. The van der Waals surface area contributed by atoms with Gasteiger partial charge in [-0.2, -0.15) is 0 Å². The quantitative estimate of drug-likeness (QED) is 0.716. The van der Waals surface area contributed by atoms with Crippen molar-refractivity contribution < 1.29 is 19.0 Å². The average molecular weight is 362 g/mol. The lowest BCUT2D eigenvalue weighted by Gasteiger charge is -2.17. The van der Waals surface area contributed by atoms with Gasteiger partial charge in [0.05, 0.1) is 12.1 Å². The molecule has 136 valence electrons. The van der Waals surface area contributed by atoms with Crippen molar-refractivity contribution in [3.05, 3.63) is 60.2 Å². The van der Waals surface area contributed by atoms with E-state index in [0.717, 1.165) is 17.3 Å². The molecule has 0 bridgehead atoms. The topological polar surface area (TPSA) is 60.9 Å². The molecule has 6 heteroatoms. The third-order valence-corrected chi connectivity index (χ3v) is 4.91. The Labute approximate surface area is 156 Å². The van der Waals surface area contributed by atoms with Gasteiger partial charge < -0.3 is 19.1 Å². The molecule has 1 amide bonds. The second-order valence-corrected chi connectivity index (χ2v) is 6.69. The van der Waals surface area contributed by atoms with Crippen molar-refractivity contribution in [3.63, 3.8) is 0 Å². The van der Waals surface area contributed by atoms with Crippen LogP contribution in [0, 0.1) is 0 Å². The van der Waals surface area contributed by atoms with Gasteiger partial charge in [0.2, 0.25) is 12.7 Å². The molecule has 2 aliphatic heterocycles. The van der Waals surface area contributed by atoms with Gasteiger partial charge in [-0.25, -0.2) is 4.98 Å². The van der Waals surface area contributed by atoms with Gasteiger partial charge >= 0.3 is 0 Å². The molecule has 5 rings (SSSR count). The summed E-state index contributed by atoms with van der Waals surface area (Å²) in [6.07, 6.45) is 0.724. The zero-order valence-corrected chi connectivity index (χ0v) is 14.6. The smallest absolute Gasteiger partial charge is 0.254 e. The van der Waals surface area contributed by atoms with Crippen molar-refractivity contribution in [2.75, 3.05) is 19.9 Å². The molecule has 0 N–H and O–H groups in total. The minimum atomic E-state index is -0.0587. The van der Waals surface area contributed by atoms with E-state index in [1.54, 1.807) is 18.2 Å². The van der Waals surface area contributed by atoms with Crippen LogP contribution in [-0.2, 0) is 0 Å². The maximum Gasteiger partial charge on any atom is 0.254 e. The molecule has 0 spiro atoms. The van der Waals surface area contributed by atoms with Crippen LogP contribution in [0.1, 0.15) is 16.8 Å². The third-order valence-electron chi connectivity index (χ3n) is 4.91. The van der Waals surface area contributed by atoms with E-state index in [4.69, 9.17) is 14.2 Å². The highest BCUT2D eigenvalue weighted by atomic mass is 16.7. The Morgan fingerprint density at radius 3 is 2.93 bits per heavy atom. The van der Waals surface area contributed by atoms with Gasteiger partial charge in [-0.3, -0.25) is 4.79 Å². The second-order valence-electron chi connectivity index (χ2n) is 6.69. The first-order chi connectivity index (χ1) is 13.3. The summed E-state index contributed by atoms with van der Waals surface area (Å²) < 4.78 is 16.7. The predicted molar refractivity (Wildman–Crippen MR) is 99.2 cm³/mol. The van der Waals surface area contributed by atoms with E-state index in [1.165, 1.54) is 0 Å². The van der Waals surface area contributed by atoms with Crippen LogP contribution in [-0.4, -0.2) is 41.8 Å². The molecule has 0 unspecified atom stereocenters. The van der Waals surface area contributed by atoms with Gasteiger partial charge in [0.1, 0.15) is 6.10 Å². The summed E-state index contributed by atoms with van der Waals surface area (Å²) in [6, 6.07) is 17.1. The number of hydrogen-bond donors (Lipinski definition) is 0. The molecule has 0 aliphatic carbocycles. The van der Waals surface area contributed by atoms with E-state index in [-0.39, 0.29) is 18.8 Å². The third kappa shape index (κ3) is 3.03. The molecule has 1 fully saturated rings. The Hall–Kier alpha value is -3.28. The summed E-state index contributed by atoms with van der Waals surface area (Å²) in [5, 5.41) is 1.08. The van der Waals surface area contributed by atoms with E-state index >= 15 is 0 Å². The van der Waals surface area contributed by atoms with Crippen LogP contribution in [0.5, 0.6) is 17.4 Å². The molecule has 3 heterocycles. The molecular weight excluding hydrogens is 344 g/mol. The van der Waals surface area contributed by atoms with E-state index in [2.05, 4.69) is 4.98 Å². The Balaban J connectivity index is 1.27. The number of aromatic nitrogens is 1. The van der Waals surface area contributed by atoms with E-state index < -0.39 is 0 Å². The number of carbonyl (C=O) groups is 1. The summed E-state index contributed by atoms with van der Waals surface area (Å²) in [4.78, 5) is 19.1. The minimum absolute atomic E-state index is 0.0223. The Morgan fingerprint density at radius 1 is 1.07 bits per heavy atom. The molecule has 6 nitrogen and oxygen atoms in total. The van der Waals surface area contributed by atoms with Gasteiger partial charge in [0, 0.05) is 30.0 Å². The van der Waals surface area contributed by atoms with Crippen LogP contribution in [0.4, 0.5) is 0 Å². The first-order valence-corrected chi connectivity index (χ1v) is 8.98. The summed E-state index contributed by atoms with van der Waals surface area (Å²) in [7, 11) is 0. The number of likely N-dealkylation sites (tertiary alicyclic amines) is 1. The number of fused-ring (bicyclic) bond motifs is 2. The SMILES string of the molecule is O=C(c1ccc2c(c1)OCO2)N1CC[C@H](Oc2ccc3ccccc3n2)C1. The van der Waals surface area contributed by atoms with Crippen LogP contribution in [0.15, 0.2) is 54.6 Å². The number of benzene rings is 2. The number of amides is 1. The van der Waals surface area contributed by atoms with Crippen molar-refractivity contribution in [1.82, 2.24) is 9.88 Å². The molecule has 2 aromatic carbocycles. The van der Waals surface area contributed by atoms with Crippen molar-refractivity contribution in [1.29, 1.82) is 0 Å². The molecule has 27 heavy (non-hydrogen) atoms. The monoisotopic (exact) mass is 362 g/mol. The van der Waals surface area contributed by atoms with Crippen LogP contribution < -0.4 is 14.2 Å². The number of ether oxygens (including phenoxy) is 3. The molecule has 0 radical (unpaired) electrons. The fourth-order valence-corrected chi connectivity index (χ4v) is 3.50. The Bertz CT molecular complexity index is 1020. The van der Waals surface area contributed by atoms with E-state index in [9.17, 15) is 4.79 Å². The van der Waals surface area contributed by atoms with Gasteiger partial charge in [-0.05, 0) is 30.3 Å². The lowest BCUT2D eigenvalue weighted by molar-refractivity contribution is 0.0771. The lowest BCUT2D eigenvalue weighted by Crippen LogP contribution is -2.31. The Kier molecular flexibility index (Phi) is 3.81. The standard InChI is InChI=1S/C21H18N2O4/c24-21(15-5-7-18-19(11-15)26-13-25-18)23-10-9-16(12-23)27-20-8-6-14-3-1-2-4-17(14)22-20/h1-8,11,16H,9-10,12-13H2/t16-/m0/s1. The van der Waals surface area contributed by atoms with Gasteiger partial charge in [-0.1, -0.05) is 18.2 Å². The van der Waals surface area contributed by atoms with Crippen molar-refractivity contribution in [2.24, 2.45) is 0 Å². The molecule has 1 aromatic heterocycles.